The molecule has 4 aromatic rings. The number of hydrogen-bond donors (Lipinski definition) is 0. The summed E-state index contributed by atoms with van der Waals surface area (Å²) < 4.78 is 87.5. The van der Waals surface area contributed by atoms with Crippen LogP contribution >= 0.6 is 23.2 Å². The van der Waals surface area contributed by atoms with Gasteiger partial charge in [0.05, 0.1) is 23.2 Å². The van der Waals surface area contributed by atoms with E-state index in [0.29, 0.717) is 28.8 Å². The Balaban J connectivity index is 1.69. The van der Waals surface area contributed by atoms with Crippen molar-refractivity contribution in [3.63, 3.8) is 0 Å². The predicted octanol–water partition coefficient (Wildman–Crippen LogP) is 7.68. The molecule has 5 nitrogen and oxygen atoms in total. The average molecular weight is 615 g/mol. The zero-order valence-corrected chi connectivity index (χ0v) is 22.5. The average Bonchev–Trinajstić information content (AvgIpc) is 2.89. The Bertz CT molecular complexity index is 1730. The van der Waals surface area contributed by atoms with Crippen molar-refractivity contribution in [3.05, 3.63) is 97.3 Å². The van der Waals surface area contributed by atoms with Crippen LogP contribution in [0.25, 0.3) is 22.0 Å². The van der Waals surface area contributed by atoms with Gasteiger partial charge >= 0.3 is 12.4 Å². The van der Waals surface area contributed by atoms with Gasteiger partial charge in [0.15, 0.2) is 0 Å². The van der Waals surface area contributed by atoms with Gasteiger partial charge in [-0.3, -0.25) is 9.59 Å². The number of amides is 1. The van der Waals surface area contributed by atoms with Gasteiger partial charge in [-0.25, -0.2) is 0 Å². The first kappa shape index (κ1) is 28.8. The fourth-order valence-corrected chi connectivity index (χ4v) is 5.38. The molecule has 0 spiro atoms. The van der Waals surface area contributed by atoms with Gasteiger partial charge in [0.2, 0.25) is 0 Å². The monoisotopic (exact) mass is 614 g/mol. The lowest BCUT2D eigenvalue weighted by Crippen LogP contribution is -2.37. The van der Waals surface area contributed by atoms with Crippen LogP contribution in [0.3, 0.4) is 0 Å². The SMILES string of the molecule is CN(Cc1cc(C(F)(F)F)cc(C(F)(F)F)c1)C(=O)c1c(-c2ccc(Cl)cc2Cl)c2cccc3c2n(c1=O)CCO3. The number of carbonyl (C=O) groups is 1. The topological polar surface area (TPSA) is 51.5 Å². The van der Waals surface area contributed by atoms with Gasteiger partial charge in [-0.2, -0.15) is 26.3 Å². The van der Waals surface area contributed by atoms with E-state index in [9.17, 15) is 35.9 Å². The Morgan fingerprint density at radius 3 is 2.24 bits per heavy atom. The standard InChI is InChI=1S/C28H18Cl2F6N2O3/c1-37(13-14-9-15(27(31,32)33)11-16(10-14)28(34,35)36)25(39)23-22(18-6-5-17(29)12-20(18)30)19-3-2-4-21-24(19)38(26(23)40)7-8-41-21/h2-6,9-12H,7-8,13H2,1H3. The van der Waals surface area contributed by atoms with Gasteiger partial charge in [0.25, 0.3) is 11.5 Å². The second-order valence-corrected chi connectivity index (χ2v) is 10.3. The summed E-state index contributed by atoms with van der Waals surface area (Å²) in [5.41, 5.74) is -3.70. The molecule has 0 radical (unpaired) electrons. The maximum atomic E-state index is 13.9. The molecule has 0 saturated heterocycles. The molecule has 13 heteroatoms. The third-order valence-electron chi connectivity index (χ3n) is 6.65. The molecule has 5 rings (SSSR count). The van der Waals surface area contributed by atoms with Crippen LogP contribution in [0.1, 0.15) is 27.0 Å². The Hall–Kier alpha value is -3.70. The van der Waals surface area contributed by atoms with Crippen LogP contribution in [0.2, 0.25) is 10.0 Å². The summed E-state index contributed by atoms with van der Waals surface area (Å²) in [6, 6.07) is 10.5. The Morgan fingerprint density at radius 2 is 1.63 bits per heavy atom. The van der Waals surface area contributed by atoms with Crippen LogP contribution in [0.4, 0.5) is 26.3 Å². The highest BCUT2D eigenvalue weighted by Gasteiger charge is 2.37. The number of carbonyl (C=O) groups excluding carboxylic acids is 1. The Morgan fingerprint density at radius 1 is 0.976 bits per heavy atom. The molecule has 0 fully saturated rings. The molecule has 0 aliphatic carbocycles. The minimum absolute atomic E-state index is 0.00604. The van der Waals surface area contributed by atoms with Crippen molar-refractivity contribution < 1.29 is 35.9 Å². The molecule has 0 N–H and O–H groups in total. The largest absolute Gasteiger partial charge is 0.490 e. The van der Waals surface area contributed by atoms with Crippen LogP contribution in [-0.2, 0) is 25.4 Å². The Labute approximate surface area is 238 Å². The van der Waals surface area contributed by atoms with E-state index in [2.05, 4.69) is 0 Å². The first-order chi connectivity index (χ1) is 19.2. The smallest absolute Gasteiger partial charge is 0.416 e. The molecule has 214 valence electrons. The lowest BCUT2D eigenvalue weighted by atomic mass is 9.94. The molecule has 0 atom stereocenters. The van der Waals surface area contributed by atoms with E-state index in [1.165, 1.54) is 29.8 Å². The lowest BCUT2D eigenvalue weighted by Gasteiger charge is -2.26. The van der Waals surface area contributed by atoms with Gasteiger partial charge in [0, 0.05) is 40.2 Å². The highest BCUT2D eigenvalue weighted by molar-refractivity contribution is 6.37. The van der Waals surface area contributed by atoms with E-state index in [4.69, 9.17) is 27.9 Å². The predicted molar refractivity (Wildman–Crippen MR) is 141 cm³/mol. The second kappa shape index (κ2) is 10.3. The summed E-state index contributed by atoms with van der Waals surface area (Å²) in [5.74, 6) is -0.530. The van der Waals surface area contributed by atoms with Crippen molar-refractivity contribution in [1.29, 1.82) is 0 Å². The van der Waals surface area contributed by atoms with Crippen molar-refractivity contribution in [2.45, 2.75) is 25.4 Å². The third kappa shape index (κ3) is 5.36. The molecule has 1 amide bonds. The zero-order valence-electron chi connectivity index (χ0n) is 21.0. The van der Waals surface area contributed by atoms with Crippen molar-refractivity contribution >= 4 is 40.0 Å². The number of para-hydroxylation sites is 1. The molecular formula is C28H18Cl2F6N2O3. The van der Waals surface area contributed by atoms with Crippen molar-refractivity contribution in [2.75, 3.05) is 13.7 Å². The van der Waals surface area contributed by atoms with E-state index < -0.39 is 47.1 Å². The summed E-state index contributed by atoms with van der Waals surface area (Å²) >= 11 is 12.6. The number of ether oxygens (including phenoxy) is 1. The molecule has 3 aromatic carbocycles. The van der Waals surface area contributed by atoms with E-state index >= 15 is 0 Å². The first-order valence-corrected chi connectivity index (χ1v) is 12.7. The summed E-state index contributed by atoms with van der Waals surface area (Å²) in [4.78, 5) is 28.6. The molecule has 1 aromatic heterocycles. The minimum Gasteiger partial charge on any atom is -0.490 e. The van der Waals surface area contributed by atoms with Crippen molar-refractivity contribution in [3.8, 4) is 16.9 Å². The van der Waals surface area contributed by atoms with Gasteiger partial charge in [-0.15, -0.1) is 0 Å². The zero-order chi connectivity index (χ0) is 29.9. The second-order valence-electron chi connectivity index (χ2n) is 9.41. The number of nitrogens with zero attached hydrogens (tertiary/aromatic N) is 2. The van der Waals surface area contributed by atoms with Crippen LogP contribution in [0.5, 0.6) is 5.75 Å². The van der Waals surface area contributed by atoms with Crippen LogP contribution in [0, 0.1) is 0 Å². The quantitative estimate of drug-likeness (QED) is 0.222. The molecule has 0 saturated carbocycles. The molecule has 0 unspecified atom stereocenters. The molecule has 1 aliphatic heterocycles. The van der Waals surface area contributed by atoms with E-state index in [1.807, 2.05) is 0 Å². The summed E-state index contributed by atoms with van der Waals surface area (Å²) in [6.45, 7) is -0.408. The minimum atomic E-state index is -5.06. The number of hydrogen-bond acceptors (Lipinski definition) is 3. The Kier molecular flexibility index (Phi) is 7.23. The summed E-state index contributed by atoms with van der Waals surface area (Å²) in [7, 11) is 1.18. The normalized spacial score (nSPS) is 13.3. The van der Waals surface area contributed by atoms with Crippen LogP contribution in [0.15, 0.2) is 59.4 Å². The van der Waals surface area contributed by atoms with E-state index in [1.54, 1.807) is 18.2 Å². The van der Waals surface area contributed by atoms with Gasteiger partial charge in [0.1, 0.15) is 17.9 Å². The number of rotatable bonds is 4. The highest BCUT2D eigenvalue weighted by Crippen LogP contribution is 2.41. The van der Waals surface area contributed by atoms with Gasteiger partial charge < -0.3 is 14.2 Å². The summed E-state index contributed by atoms with van der Waals surface area (Å²) in [6.07, 6.45) is -10.1. The fraction of sp³-hybridized carbons (Fsp3) is 0.214. The van der Waals surface area contributed by atoms with E-state index in [0.717, 1.165) is 4.90 Å². The number of pyridine rings is 1. The number of halogens is 8. The molecule has 0 bridgehead atoms. The molecule has 2 heterocycles. The molecule has 1 aliphatic rings. The van der Waals surface area contributed by atoms with Gasteiger partial charge in [-0.1, -0.05) is 41.4 Å². The third-order valence-corrected chi connectivity index (χ3v) is 7.20. The highest BCUT2D eigenvalue weighted by atomic mass is 35.5. The number of aromatic nitrogens is 1. The lowest BCUT2D eigenvalue weighted by molar-refractivity contribution is -0.143. The fourth-order valence-electron chi connectivity index (χ4n) is 4.87. The van der Waals surface area contributed by atoms with Crippen molar-refractivity contribution in [1.82, 2.24) is 9.47 Å². The number of benzene rings is 3. The van der Waals surface area contributed by atoms with Gasteiger partial charge in [-0.05, 0) is 42.0 Å². The molecular weight excluding hydrogens is 597 g/mol. The van der Waals surface area contributed by atoms with Crippen LogP contribution in [-0.4, -0.2) is 29.0 Å². The number of alkyl halides is 6. The van der Waals surface area contributed by atoms with E-state index in [-0.39, 0.29) is 46.0 Å². The maximum Gasteiger partial charge on any atom is 0.416 e. The first-order valence-electron chi connectivity index (χ1n) is 12.0. The van der Waals surface area contributed by atoms with Crippen molar-refractivity contribution in [2.24, 2.45) is 0 Å². The summed E-state index contributed by atoms with van der Waals surface area (Å²) in [5, 5.41) is 0.835. The maximum absolute atomic E-state index is 13.9. The van der Waals surface area contributed by atoms with Crippen LogP contribution < -0.4 is 10.3 Å². The molecule has 41 heavy (non-hydrogen) atoms.